The molecule has 6 bridgehead atoms. The summed E-state index contributed by atoms with van der Waals surface area (Å²) in [5.74, 6) is 0.537. The molecule has 1 fully saturated rings. The van der Waals surface area contributed by atoms with Crippen molar-refractivity contribution < 1.29 is 9.47 Å². The third kappa shape index (κ3) is 6.63. The molecule has 2 N–H and O–H groups in total. The molecule has 2 aromatic heterocycles. The standard InChI is InChI=1S/C27H32N6O2/c1-2-11-33(10-1)12-9-29-25-6-5-24-16-23(25)20-35-14-4-3-13-34-19-21-15-22(18-28-17-21)26-7-8-30-27(31-24)32-26/h3-8,15-18,29H,1-2,9-14,19-20H2,(H,30,31,32)/b4-3+. The van der Waals surface area contributed by atoms with E-state index in [0.717, 1.165) is 46.8 Å². The Bertz CT molecular complexity index is 1150. The number of likely N-dealkylation sites (tertiary alicyclic amines) is 1. The van der Waals surface area contributed by atoms with E-state index in [0.29, 0.717) is 32.4 Å². The molecule has 182 valence electrons. The molecule has 0 unspecified atom stereocenters. The number of ether oxygens (including phenoxy) is 2. The van der Waals surface area contributed by atoms with Gasteiger partial charge in [0.25, 0.3) is 0 Å². The maximum absolute atomic E-state index is 5.96. The van der Waals surface area contributed by atoms with E-state index >= 15 is 0 Å². The van der Waals surface area contributed by atoms with Crippen LogP contribution in [0.4, 0.5) is 17.3 Å². The van der Waals surface area contributed by atoms with Crippen LogP contribution in [0.3, 0.4) is 0 Å². The number of rotatable bonds is 4. The summed E-state index contributed by atoms with van der Waals surface area (Å²) in [4.78, 5) is 16.0. The lowest BCUT2D eigenvalue weighted by atomic mass is 10.1. The van der Waals surface area contributed by atoms with Crippen LogP contribution in [0.1, 0.15) is 24.0 Å². The molecule has 8 heteroatoms. The molecule has 8 nitrogen and oxygen atoms in total. The zero-order valence-electron chi connectivity index (χ0n) is 19.9. The van der Waals surface area contributed by atoms with Gasteiger partial charge in [0.2, 0.25) is 5.95 Å². The van der Waals surface area contributed by atoms with Crippen LogP contribution >= 0.6 is 0 Å². The predicted molar refractivity (Wildman–Crippen MR) is 138 cm³/mol. The van der Waals surface area contributed by atoms with Crippen LogP contribution in [-0.4, -0.2) is 59.2 Å². The highest BCUT2D eigenvalue weighted by atomic mass is 16.5. The van der Waals surface area contributed by atoms with Gasteiger partial charge in [-0.05, 0) is 61.8 Å². The average molecular weight is 473 g/mol. The molecule has 1 aromatic carbocycles. The van der Waals surface area contributed by atoms with E-state index in [4.69, 9.17) is 14.5 Å². The van der Waals surface area contributed by atoms with Gasteiger partial charge in [-0.1, -0.05) is 12.2 Å². The van der Waals surface area contributed by atoms with Crippen LogP contribution in [0.5, 0.6) is 0 Å². The van der Waals surface area contributed by atoms with E-state index in [1.54, 1.807) is 6.20 Å². The smallest absolute Gasteiger partial charge is 0.227 e. The number of benzene rings is 1. The Morgan fingerprint density at radius 3 is 2.71 bits per heavy atom. The predicted octanol–water partition coefficient (Wildman–Crippen LogP) is 4.39. The first-order valence-electron chi connectivity index (χ1n) is 12.3. The average Bonchev–Trinajstić information content (AvgIpc) is 3.40. The Morgan fingerprint density at radius 1 is 0.971 bits per heavy atom. The number of pyridine rings is 1. The van der Waals surface area contributed by atoms with Crippen LogP contribution in [0.25, 0.3) is 11.3 Å². The quantitative estimate of drug-likeness (QED) is 0.541. The third-order valence-corrected chi connectivity index (χ3v) is 6.17. The second-order valence-electron chi connectivity index (χ2n) is 8.82. The maximum atomic E-state index is 5.96. The molecular formula is C27H32N6O2. The highest BCUT2D eigenvalue weighted by Gasteiger charge is 2.12. The van der Waals surface area contributed by atoms with Gasteiger partial charge in [-0.3, -0.25) is 4.98 Å². The molecule has 0 atom stereocenters. The van der Waals surface area contributed by atoms with Crippen molar-refractivity contribution in [3.8, 4) is 11.3 Å². The Balaban J connectivity index is 1.37. The first kappa shape index (κ1) is 23.4. The van der Waals surface area contributed by atoms with Gasteiger partial charge in [0.1, 0.15) is 0 Å². The van der Waals surface area contributed by atoms with E-state index in [2.05, 4.69) is 49.8 Å². The van der Waals surface area contributed by atoms with Gasteiger partial charge in [0.15, 0.2) is 0 Å². The lowest BCUT2D eigenvalue weighted by Gasteiger charge is -2.18. The summed E-state index contributed by atoms with van der Waals surface area (Å²) in [5, 5.41) is 6.95. The van der Waals surface area contributed by atoms with Gasteiger partial charge in [0.05, 0.1) is 32.1 Å². The molecule has 1 saturated heterocycles. The molecule has 5 rings (SSSR count). The van der Waals surface area contributed by atoms with Gasteiger partial charge in [-0.15, -0.1) is 0 Å². The molecule has 4 heterocycles. The second kappa shape index (κ2) is 11.9. The SMILES string of the molecule is C1=C/COCc2cc(ccc2NCCN2CCCC2)Nc2nccc(n2)-c2cncc(c2)COC/1. The van der Waals surface area contributed by atoms with Crippen LogP contribution < -0.4 is 10.6 Å². The number of nitrogens with zero attached hydrogens (tertiary/aromatic N) is 4. The Morgan fingerprint density at radius 2 is 1.83 bits per heavy atom. The van der Waals surface area contributed by atoms with Crippen molar-refractivity contribution in [3.63, 3.8) is 0 Å². The van der Waals surface area contributed by atoms with Crippen molar-refractivity contribution >= 4 is 17.3 Å². The number of anilines is 3. The molecule has 0 saturated carbocycles. The first-order chi connectivity index (χ1) is 17.3. The van der Waals surface area contributed by atoms with Crippen LogP contribution in [-0.2, 0) is 22.7 Å². The number of aromatic nitrogens is 3. The lowest BCUT2D eigenvalue weighted by molar-refractivity contribution is 0.140. The summed E-state index contributed by atoms with van der Waals surface area (Å²) in [6.07, 6.45) is 12.0. The van der Waals surface area contributed by atoms with Gasteiger partial charge in [-0.2, -0.15) is 0 Å². The first-order valence-corrected chi connectivity index (χ1v) is 12.3. The minimum Gasteiger partial charge on any atom is -0.383 e. The molecule has 0 radical (unpaired) electrons. The minimum absolute atomic E-state index is 0.485. The molecule has 0 amide bonds. The summed E-state index contributed by atoms with van der Waals surface area (Å²) in [6, 6.07) is 10.2. The summed E-state index contributed by atoms with van der Waals surface area (Å²) in [7, 11) is 0. The van der Waals surface area contributed by atoms with Gasteiger partial charge < -0.3 is 25.0 Å². The monoisotopic (exact) mass is 472 g/mol. The summed E-state index contributed by atoms with van der Waals surface area (Å²) in [6.45, 7) is 6.41. The molecule has 0 spiro atoms. The highest BCUT2D eigenvalue weighted by molar-refractivity contribution is 5.65. The van der Waals surface area contributed by atoms with Crippen molar-refractivity contribution in [1.29, 1.82) is 0 Å². The number of hydrogen-bond donors (Lipinski definition) is 2. The third-order valence-electron chi connectivity index (χ3n) is 6.17. The van der Waals surface area contributed by atoms with Gasteiger partial charge in [-0.25, -0.2) is 9.97 Å². The van der Waals surface area contributed by atoms with E-state index in [1.807, 2.05) is 30.6 Å². The van der Waals surface area contributed by atoms with Crippen LogP contribution in [0.2, 0.25) is 0 Å². The zero-order valence-corrected chi connectivity index (χ0v) is 19.9. The largest absolute Gasteiger partial charge is 0.383 e. The number of nitrogens with one attached hydrogen (secondary N) is 2. The van der Waals surface area contributed by atoms with Crippen LogP contribution in [0, 0.1) is 0 Å². The molecule has 0 aliphatic carbocycles. The molecule has 3 aromatic rings. The zero-order chi connectivity index (χ0) is 23.7. The van der Waals surface area contributed by atoms with Crippen molar-refractivity contribution in [2.24, 2.45) is 0 Å². The minimum atomic E-state index is 0.485. The van der Waals surface area contributed by atoms with E-state index < -0.39 is 0 Å². The molecular weight excluding hydrogens is 440 g/mol. The lowest BCUT2D eigenvalue weighted by Crippen LogP contribution is -2.26. The fourth-order valence-corrected chi connectivity index (χ4v) is 4.35. The Hall–Kier alpha value is -3.33. The van der Waals surface area contributed by atoms with Crippen molar-refractivity contribution in [1.82, 2.24) is 19.9 Å². The van der Waals surface area contributed by atoms with Crippen molar-refractivity contribution in [3.05, 3.63) is 72.2 Å². The topological polar surface area (TPSA) is 84.4 Å². The normalized spacial score (nSPS) is 17.7. The number of fused-ring (bicyclic) bond motifs is 7. The van der Waals surface area contributed by atoms with E-state index in [9.17, 15) is 0 Å². The van der Waals surface area contributed by atoms with Crippen LogP contribution in [0.15, 0.2) is 61.1 Å². The van der Waals surface area contributed by atoms with Crippen molar-refractivity contribution in [2.75, 3.05) is 50.0 Å². The molecule has 2 aliphatic heterocycles. The van der Waals surface area contributed by atoms with Gasteiger partial charge in [0, 0.05) is 54.2 Å². The van der Waals surface area contributed by atoms with Crippen molar-refractivity contribution in [2.45, 2.75) is 26.1 Å². The number of hydrogen-bond acceptors (Lipinski definition) is 8. The highest BCUT2D eigenvalue weighted by Crippen LogP contribution is 2.25. The summed E-state index contributed by atoms with van der Waals surface area (Å²) >= 11 is 0. The Kier molecular flexibility index (Phi) is 7.95. The van der Waals surface area contributed by atoms with E-state index in [1.165, 1.54) is 25.9 Å². The maximum Gasteiger partial charge on any atom is 0.227 e. The molecule has 35 heavy (non-hydrogen) atoms. The fraction of sp³-hybridized carbons (Fsp3) is 0.370. The Labute approximate surface area is 206 Å². The second-order valence-corrected chi connectivity index (χ2v) is 8.82. The fourth-order valence-electron chi connectivity index (χ4n) is 4.35. The van der Waals surface area contributed by atoms with Gasteiger partial charge >= 0.3 is 0 Å². The van der Waals surface area contributed by atoms with E-state index in [-0.39, 0.29) is 0 Å². The summed E-state index contributed by atoms with van der Waals surface area (Å²) in [5.41, 5.74) is 5.84. The molecule has 2 aliphatic rings. The summed E-state index contributed by atoms with van der Waals surface area (Å²) < 4.78 is 11.7.